The Kier molecular flexibility index (Phi) is 8.10. The second-order valence-corrected chi connectivity index (χ2v) is 15.6. The Balaban J connectivity index is 1.43. The summed E-state index contributed by atoms with van der Waals surface area (Å²) in [6, 6.07) is 46.7. The molecule has 0 aliphatic rings. The zero-order valence-electron chi connectivity index (χ0n) is 30.4. The molecule has 0 bridgehead atoms. The number of rotatable bonds is 5. The number of benzene rings is 6. The van der Waals surface area contributed by atoms with E-state index < -0.39 is 0 Å². The van der Waals surface area contributed by atoms with Crippen LogP contribution >= 0.6 is 0 Å². The van der Waals surface area contributed by atoms with Gasteiger partial charge >= 0.3 is 0 Å². The lowest BCUT2D eigenvalue weighted by atomic mass is 9.85. The van der Waals surface area contributed by atoms with Gasteiger partial charge in [-0.1, -0.05) is 133 Å². The molecule has 0 amide bonds. The Morgan fingerprint density at radius 2 is 0.942 bits per heavy atom. The van der Waals surface area contributed by atoms with Gasteiger partial charge in [-0.05, 0) is 81.6 Å². The molecule has 8 aromatic rings. The van der Waals surface area contributed by atoms with Gasteiger partial charge in [0.25, 0.3) is 0 Å². The van der Waals surface area contributed by atoms with Crippen LogP contribution in [0.25, 0.3) is 72.8 Å². The van der Waals surface area contributed by atoms with Gasteiger partial charge in [0.1, 0.15) is 5.82 Å². The fraction of sp³-hybridized carbons (Fsp3) is 0.170. The van der Waals surface area contributed by atoms with Crippen LogP contribution in [0.2, 0.25) is 0 Å². The highest BCUT2D eigenvalue weighted by Gasteiger charge is 2.23. The van der Waals surface area contributed by atoms with Crippen molar-refractivity contribution in [1.82, 2.24) is 19.5 Å². The van der Waals surface area contributed by atoms with E-state index in [1.54, 1.807) is 12.1 Å². The molecule has 2 heterocycles. The van der Waals surface area contributed by atoms with Gasteiger partial charge < -0.3 is 4.57 Å². The van der Waals surface area contributed by atoms with Gasteiger partial charge in [0, 0.05) is 33.2 Å². The molecule has 0 saturated carbocycles. The first kappa shape index (κ1) is 33.2. The smallest absolute Gasteiger partial charge is 0.164 e. The predicted molar refractivity (Wildman–Crippen MR) is 213 cm³/mol. The Morgan fingerprint density at radius 3 is 1.44 bits per heavy atom. The first-order valence-corrected chi connectivity index (χ1v) is 17.8. The van der Waals surface area contributed by atoms with Crippen LogP contribution in [0.15, 0.2) is 140 Å². The molecular formula is C47H41FN4. The molecule has 2 aromatic heterocycles. The normalized spacial score (nSPS) is 12.1. The maximum atomic E-state index is 14.8. The van der Waals surface area contributed by atoms with Gasteiger partial charge in [0.2, 0.25) is 0 Å². The maximum absolute atomic E-state index is 14.8. The summed E-state index contributed by atoms with van der Waals surface area (Å²) >= 11 is 0. The van der Waals surface area contributed by atoms with Crippen LogP contribution in [-0.2, 0) is 10.8 Å². The molecule has 0 fully saturated rings. The maximum Gasteiger partial charge on any atom is 0.164 e. The van der Waals surface area contributed by atoms with Crippen LogP contribution in [0, 0.1) is 5.82 Å². The standard InChI is InChI=1S/C47H41FN4/c1-46(2,3)33-20-24-41-38(27-33)39-28-34(47(4,5)6)21-25-42(39)52(41)36-22-23-37(32-18-13-19-35(48)26-32)40(29-36)45-50-43(30-14-9-7-10-15-30)49-44(51-45)31-16-11-8-12-17-31/h7-29H,1-6H3. The van der Waals surface area contributed by atoms with E-state index in [0.29, 0.717) is 17.5 Å². The van der Waals surface area contributed by atoms with E-state index in [0.717, 1.165) is 44.5 Å². The minimum absolute atomic E-state index is 0.00433. The molecule has 52 heavy (non-hydrogen) atoms. The Bertz CT molecular complexity index is 2460. The molecule has 6 aromatic carbocycles. The highest BCUT2D eigenvalue weighted by molar-refractivity contribution is 6.10. The predicted octanol–water partition coefficient (Wildman–Crippen LogP) is 12.4. The van der Waals surface area contributed by atoms with Crippen molar-refractivity contribution < 1.29 is 4.39 Å². The topological polar surface area (TPSA) is 43.6 Å². The van der Waals surface area contributed by atoms with Crippen LogP contribution in [-0.4, -0.2) is 19.5 Å². The van der Waals surface area contributed by atoms with Gasteiger partial charge in [0.05, 0.1) is 11.0 Å². The molecule has 0 atom stereocenters. The summed E-state index contributed by atoms with van der Waals surface area (Å²) in [5, 5.41) is 2.42. The van der Waals surface area contributed by atoms with Crippen LogP contribution in [0.3, 0.4) is 0 Å². The first-order valence-electron chi connectivity index (χ1n) is 17.8. The zero-order valence-corrected chi connectivity index (χ0v) is 30.4. The third-order valence-electron chi connectivity index (χ3n) is 9.83. The third kappa shape index (κ3) is 6.17. The molecule has 0 saturated heterocycles. The highest BCUT2D eigenvalue weighted by Crippen LogP contribution is 2.40. The van der Waals surface area contributed by atoms with E-state index in [1.807, 2.05) is 66.7 Å². The SMILES string of the molecule is CC(C)(C)c1ccc2c(c1)c1cc(C(C)(C)C)ccc1n2-c1ccc(-c2cccc(F)c2)c(-c2nc(-c3ccccc3)nc(-c3ccccc3)n2)c1. The molecule has 0 N–H and O–H groups in total. The lowest BCUT2D eigenvalue weighted by Gasteiger charge is -2.19. The summed E-state index contributed by atoms with van der Waals surface area (Å²) < 4.78 is 17.1. The number of fused-ring (bicyclic) bond motifs is 3. The summed E-state index contributed by atoms with van der Waals surface area (Å²) in [6.07, 6.45) is 0. The average Bonchev–Trinajstić information content (AvgIpc) is 3.47. The van der Waals surface area contributed by atoms with Gasteiger partial charge in [-0.3, -0.25) is 0 Å². The number of hydrogen-bond acceptors (Lipinski definition) is 3. The molecule has 5 heteroatoms. The molecule has 8 rings (SSSR count). The number of halogens is 1. The van der Waals surface area contributed by atoms with Crippen molar-refractivity contribution in [1.29, 1.82) is 0 Å². The molecule has 0 radical (unpaired) electrons. The first-order chi connectivity index (χ1) is 24.9. The quantitative estimate of drug-likeness (QED) is 0.182. The van der Waals surface area contributed by atoms with Crippen molar-refractivity contribution in [3.05, 3.63) is 156 Å². The number of aromatic nitrogens is 4. The summed E-state index contributed by atoms with van der Waals surface area (Å²) in [5.41, 5.74) is 9.90. The molecule has 0 aliphatic carbocycles. The molecule has 0 aliphatic heterocycles. The van der Waals surface area contributed by atoms with Crippen molar-refractivity contribution >= 4 is 21.8 Å². The molecule has 4 nitrogen and oxygen atoms in total. The Morgan fingerprint density at radius 1 is 0.442 bits per heavy atom. The van der Waals surface area contributed by atoms with Gasteiger partial charge in [-0.15, -0.1) is 0 Å². The van der Waals surface area contributed by atoms with Crippen LogP contribution in [0.4, 0.5) is 4.39 Å². The van der Waals surface area contributed by atoms with Gasteiger partial charge in [0.15, 0.2) is 17.5 Å². The fourth-order valence-corrected chi connectivity index (χ4v) is 6.93. The second kappa shape index (κ2) is 12.7. The number of nitrogens with zero attached hydrogens (tertiary/aromatic N) is 4. The zero-order chi connectivity index (χ0) is 36.2. The van der Waals surface area contributed by atoms with Crippen molar-refractivity contribution in [2.75, 3.05) is 0 Å². The minimum Gasteiger partial charge on any atom is -0.309 e. The molecule has 0 unspecified atom stereocenters. The third-order valence-corrected chi connectivity index (χ3v) is 9.83. The van der Waals surface area contributed by atoms with Crippen molar-refractivity contribution in [2.24, 2.45) is 0 Å². The molecule has 256 valence electrons. The monoisotopic (exact) mass is 680 g/mol. The summed E-state index contributed by atoms with van der Waals surface area (Å²) in [6.45, 7) is 13.5. The lowest BCUT2D eigenvalue weighted by molar-refractivity contribution is 0.590. The van der Waals surface area contributed by atoms with Crippen LogP contribution in [0.1, 0.15) is 52.7 Å². The summed E-state index contributed by atoms with van der Waals surface area (Å²) in [7, 11) is 0. The van der Waals surface area contributed by atoms with Crippen LogP contribution in [0.5, 0.6) is 0 Å². The lowest BCUT2D eigenvalue weighted by Crippen LogP contribution is -2.10. The van der Waals surface area contributed by atoms with Crippen molar-refractivity contribution in [3.8, 4) is 51.0 Å². The van der Waals surface area contributed by atoms with Crippen molar-refractivity contribution in [3.63, 3.8) is 0 Å². The fourth-order valence-electron chi connectivity index (χ4n) is 6.93. The van der Waals surface area contributed by atoms with Gasteiger partial charge in [-0.2, -0.15) is 0 Å². The molecule has 0 spiro atoms. The highest BCUT2D eigenvalue weighted by atomic mass is 19.1. The van der Waals surface area contributed by atoms with E-state index >= 15 is 0 Å². The Labute approximate surface area is 304 Å². The summed E-state index contributed by atoms with van der Waals surface area (Å²) in [4.78, 5) is 15.2. The van der Waals surface area contributed by atoms with E-state index in [2.05, 4.69) is 101 Å². The van der Waals surface area contributed by atoms with E-state index in [9.17, 15) is 4.39 Å². The largest absolute Gasteiger partial charge is 0.309 e. The average molecular weight is 681 g/mol. The van der Waals surface area contributed by atoms with Gasteiger partial charge in [-0.25, -0.2) is 19.3 Å². The second-order valence-electron chi connectivity index (χ2n) is 15.6. The number of hydrogen-bond donors (Lipinski definition) is 0. The Hall–Kier alpha value is -5.94. The van der Waals surface area contributed by atoms with E-state index in [4.69, 9.17) is 15.0 Å². The molecular weight excluding hydrogens is 640 g/mol. The van der Waals surface area contributed by atoms with E-state index in [-0.39, 0.29) is 16.6 Å². The van der Waals surface area contributed by atoms with Crippen molar-refractivity contribution in [2.45, 2.75) is 52.4 Å². The minimum atomic E-state index is -0.301. The van der Waals surface area contributed by atoms with Crippen LogP contribution < -0.4 is 0 Å². The van der Waals surface area contributed by atoms with E-state index in [1.165, 1.54) is 28.0 Å². The summed E-state index contributed by atoms with van der Waals surface area (Å²) in [5.74, 6) is 1.35.